The molecule has 4 nitrogen and oxygen atoms in total. The molecule has 2 fully saturated rings. The first-order chi connectivity index (χ1) is 9.17. The second-order valence-electron chi connectivity index (χ2n) is 6.28. The van der Waals surface area contributed by atoms with Crippen LogP contribution in [0.5, 0.6) is 0 Å². The van der Waals surface area contributed by atoms with Crippen molar-refractivity contribution in [1.29, 1.82) is 5.26 Å². The molecule has 0 aromatic heterocycles. The van der Waals surface area contributed by atoms with E-state index in [9.17, 15) is 0 Å². The predicted molar refractivity (Wildman–Crippen MR) is 78.0 cm³/mol. The van der Waals surface area contributed by atoms with Crippen LogP contribution in [0.1, 0.15) is 39.0 Å². The number of hydrogen-bond acceptors (Lipinski definition) is 4. The van der Waals surface area contributed by atoms with Crippen molar-refractivity contribution < 1.29 is 0 Å². The summed E-state index contributed by atoms with van der Waals surface area (Å²) in [7, 11) is 1.88. The van der Waals surface area contributed by atoms with Gasteiger partial charge in [-0.2, -0.15) is 5.26 Å². The summed E-state index contributed by atoms with van der Waals surface area (Å²) in [6.45, 7) is 8.20. The Labute approximate surface area is 117 Å². The van der Waals surface area contributed by atoms with Crippen LogP contribution in [0.3, 0.4) is 0 Å². The lowest BCUT2D eigenvalue weighted by Crippen LogP contribution is -2.40. The molecule has 2 aliphatic rings. The monoisotopic (exact) mass is 264 g/mol. The van der Waals surface area contributed by atoms with Crippen LogP contribution < -0.4 is 5.32 Å². The largest absolute Gasteiger partial charge is 0.303 e. The molecule has 2 atom stereocenters. The standard InChI is InChI=1S/C15H28N4/c1-15(13-16,17-2)7-4-8-18-9-5-11-19-10-3-6-14(19)12-18/h14,17H,3-12H2,1-2H3. The third-order valence-corrected chi connectivity index (χ3v) is 4.84. The maximum absolute atomic E-state index is 9.16. The SMILES string of the molecule is CNC(C)(C#N)CCCN1CCCN2CCCC2C1. The van der Waals surface area contributed by atoms with Crippen LogP contribution in [0.15, 0.2) is 0 Å². The molecule has 0 bridgehead atoms. The van der Waals surface area contributed by atoms with Gasteiger partial charge in [-0.15, -0.1) is 0 Å². The lowest BCUT2D eigenvalue weighted by Gasteiger charge is -2.27. The Morgan fingerprint density at radius 1 is 1.32 bits per heavy atom. The Morgan fingerprint density at radius 3 is 2.84 bits per heavy atom. The summed E-state index contributed by atoms with van der Waals surface area (Å²) < 4.78 is 0. The normalized spacial score (nSPS) is 28.4. The molecule has 19 heavy (non-hydrogen) atoms. The number of nitrogens with zero attached hydrogens (tertiary/aromatic N) is 3. The van der Waals surface area contributed by atoms with Crippen LogP contribution in [0.2, 0.25) is 0 Å². The number of rotatable bonds is 5. The van der Waals surface area contributed by atoms with E-state index in [-0.39, 0.29) is 5.54 Å². The smallest absolute Gasteiger partial charge is 0.103 e. The highest BCUT2D eigenvalue weighted by Crippen LogP contribution is 2.21. The Balaban J connectivity index is 1.75. The van der Waals surface area contributed by atoms with E-state index in [2.05, 4.69) is 21.2 Å². The fourth-order valence-corrected chi connectivity index (χ4v) is 3.38. The third-order valence-electron chi connectivity index (χ3n) is 4.84. The summed E-state index contributed by atoms with van der Waals surface area (Å²) >= 11 is 0. The van der Waals surface area contributed by atoms with Crippen molar-refractivity contribution in [2.75, 3.05) is 39.8 Å². The van der Waals surface area contributed by atoms with Crippen molar-refractivity contribution in [2.45, 2.75) is 50.6 Å². The zero-order valence-corrected chi connectivity index (χ0v) is 12.5. The maximum atomic E-state index is 9.16. The second kappa shape index (κ2) is 6.69. The van der Waals surface area contributed by atoms with Crippen LogP contribution in [-0.2, 0) is 0 Å². The molecule has 0 spiro atoms. The number of nitrogens with one attached hydrogen (secondary N) is 1. The topological polar surface area (TPSA) is 42.3 Å². The van der Waals surface area contributed by atoms with Gasteiger partial charge in [0.25, 0.3) is 0 Å². The van der Waals surface area contributed by atoms with Crippen LogP contribution >= 0.6 is 0 Å². The van der Waals surface area contributed by atoms with Crippen molar-refractivity contribution in [1.82, 2.24) is 15.1 Å². The highest BCUT2D eigenvalue weighted by Gasteiger charge is 2.28. The molecule has 0 aliphatic carbocycles. The first kappa shape index (κ1) is 14.8. The predicted octanol–water partition coefficient (Wildman–Crippen LogP) is 1.44. The van der Waals surface area contributed by atoms with Gasteiger partial charge in [-0.25, -0.2) is 0 Å². The van der Waals surface area contributed by atoms with Gasteiger partial charge in [0.15, 0.2) is 0 Å². The highest BCUT2D eigenvalue weighted by molar-refractivity contribution is 5.02. The number of fused-ring (bicyclic) bond motifs is 1. The van der Waals surface area contributed by atoms with Gasteiger partial charge in [-0.1, -0.05) is 0 Å². The molecule has 2 unspecified atom stereocenters. The third kappa shape index (κ3) is 3.92. The lowest BCUT2D eigenvalue weighted by atomic mass is 9.98. The fourth-order valence-electron chi connectivity index (χ4n) is 3.38. The molecule has 0 saturated carbocycles. The first-order valence-corrected chi connectivity index (χ1v) is 7.73. The van der Waals surface area contributed by atoms with Gasteiger partial charge in [-0.3, -0.25) is 4.90 Å². The van der Waals surface area contributed by atoms with Gasteiger partial charge in [0.05, 0.1) is 6.07 Å². The Kier molecular flexibility index (Phi) is 5.20. The molecule has 4 heteroatoms. The Hall–Kier alpha value is -0.630. The fraction of sp³-hybridized carbons (Fsp3) is 0.933. The zero-order valence-electron chi connectivity index (χ0n) is 12.5. The van der Waals surface area contributed by atoms with E-state index >= 15 is 0 Å². The maximum Gasteiger partial charge on any atom is 0.103 e. The van der Waals surface area contributed by atoms with Crippen LogP contribution in [-0.4, -0.2) is 61.2 Å². The van der Waals surface area contributed by atoms with Crippen LogP contribution in [0, 0.1) is 11.3 Å². The van der Waals surface area contributed by atoms with E-state index in [1.807, 2.05) is 14.0 Å². The van der Waals surface area contributed by atoms with E-state index in [1.165, 1.54) is 45.4 Å². The Bertz CT molecular complexity index is 325. The highest BCUT2D eigenvalue weighted by atomic mass is 15.3. The van der Waals surface area contributed by atoms with Gasteiger partial charge in [-0.05, 0) is 72.3 Å². The van der Waals surface area contributed by atoms with Crippen molar-refractivity contribution in [3.05, 3.63) is 0 Å². The summed E-state index contributed by atoms with van der Waals surface area (Å²) in [5, 5.41) is 12.3. The molecule has 2 rings (SSSR count). The van der Waals surface area contributed by atoms with E-state index in [0.717, 1.165) is 25.4 Å². The van der Waals surface area contributed by atoms with Gasteiger partial charge < -0.3 is 10.2 Å². The molecule has 0 amide bonds. The molecule has 0 aromatic rings. The summed E-state index contributed by atoms with van der Waals surface area (Å²) in [6.07, 6.45) is 6.11. The summed E-state index contributed by atoms with van der Waals surface area (Å²) in [5.74, 6) is 0. The van der Waals surface area contributed by atoms with Crippen molar-refractivity contribution >= 4 is 0 Å². The molecule has 108 valence electrons. The molecule has 2 heterocycles. The molecule has 2 saturated heterocycles. The average molecular weight is 264 g/mol. The van der Waals surface area contributed by atoms with E-state index in [0.29, 0.717) is 0 Å². The second-order valence-corrected chi connectivity index (χ2v) is 6.28. The van der Waals surface area contributed by atoms with Gasteiger partial charge in [0, 0.05) is 12.6 Å². The van der Waals surface area contributed by atoms with E-state index < -0.39 is 0 Å². The van der Waals surface area contributed by atoms with E-state index in [4.69, 9.17) is 5.26 Å². The molecule has 1 N–H and O–H groups in total. The number of hydrogen-bond donors (Lipinski definition) is 1. The Morgan fingerprint density at radius 2 is 2.11 bits per heavy atom. The minimum absolute atomic E-state index is 0.356. The van der Waals surface area contributed by atoms with Crippen molar-refractivity contribution in [3.63, 3.8) is 0 Å². The summed E-state index contributed by atoms with van der Waals surface area (Å²) in [6, 6.07) is 3.18. The van der Waals surface area contributed by atoms with Crippen molar-refractivity contribution in [2.24, 2.45) is 0 Å². The van der Waals surface area contributed by atoms with Gasteiger partial charge in [0.1, 0.15) is 5.54 Å². The average Bonchev–Trinajstić information content (AvgIpc) is 2.77. The minimum atomic E-state index is -0.356. The first-order valence-electron chi connectivity index (χ1n) is 7.73. The molecule has 2 aliphatic heterocycles. The van der Waals surface area contributed by atoms with Crippen LogP contribution in [0.25, 0.3) is 0 Å². The lowest BCUT2D eigenvalue weighted by molar-refractivity contribution is 0.214. The van der Waals surface area contributed by atoms with Crippen LogP contribution in [0.4, 0.5) is 0 Å². The quantitative estimate of drug-likeness (QED) is 0.816. The molecule has 0 aromatic carbocycles. The van der Waals surface area contributed by atoms with Gasteiger partial charge in [0.2, 0.25) is 0 Å². The van der Waals surface area contributed by atoms with E-state index in [1.54, 1.807) is 0 Å². The molecular formula is C15H28N4. The summed E-state index contributed by atoms with van der Waals surface area (Å²) in [5.41, 5.74) is -0.356. The van der Waals surface area contributed by atoms with Gasteiger partial charge >= 0.3 is 0 Å². The zero-order chi connectivity index (χ0) is 13.7. The van der Waals surface area contributed by atoms with Crippen molar-refractivity contribution in [3.8, 4) is 6.07 Å². The molecule has 0 radical (unpaired) electrons. The summed E-state index contributed by atoms with van der Waals surface area (Å²) in [4.78, 5) is 5.29. The minimum Gasteiger partial charge on any atom is -0.303 e. The molecular weight excluding hydrogens is 236 g/mol. The number of nitriles is 1.